The fourth-order valence-electron chi connectivity index (χ4n) is 2.51. The van der Waals surface area contributed by atoms with Crippen molar-refractivity contribution in [2.75, 3.05) is 11.5 Å². The maximum absolute atomic E-state index is 14.5. The molecule has 146 valence electrons. The van der Waals surface area contributed by atoms with E-state index in [1.165, 1.54) is 12.1 Å². The fourth-order valence-corrected chi connectivity index (χ4v) is 4.33. The van der Waals surface area contributed by atoms with Crippen molar-refractivity contribution in [1.82, 2.24) is 4.98 Å². The molecule has 1 heterocycles. The number of nitrogens with zero attached hydrogens (tertiary/aromatic N) is 1. The first kappa shape index (κ1) is 21.7. The van der Waals surface area contributed by atoms with E-state index in [0.29, 0.717) is 17.7 Å². The van der Waals surface area contributed by atoms with E-state index in [4.69, 9.17) is 5.11 Å². The summed E-state index contributed by atoms with van der Waals surface area (Å²) in [6, 6.07) is 6.32. The Morgan fingerprint density at radius 1 is 1.11 bits per heavy atom. The van der Waals surface area contributed by atoms with Gasteiger partial charge in [-0.2, -0.15) is 0 Å². The summed E-state index contributed by atoms with van der Waals surface area (Å²) in [5.41, 5.74) is 1.22. The zero-order valence-corrected chi connectivity index (χ0v) is 16.8. The van der Waals surface area contributed by atoms with Gasteiger partial charge in [0.05, 0.1) is 4.90 Å². The molecule has 0 saturated heterocycles. The van der Waals surface area contributed by atoms with Crippen LogP contribution in [-0.2, 0) is 4.79 Å². The van der Waals surface area contributed by atoms with Gasteiger partial charge in [0.2, 0.25) is 0 Å². The molecule has 0 aliphatic carbocycles. The van der Waals surface area contributed by atoms with Gasteiger partial charge in [-0.15, -0.1) is 23.5 Å². The zero-order valence-electron chi connectivity index (χ0n) is 15.2. The Morgan fingerprint density at radius 2 is 1.85 bits per heavy atom. The van der Waals surface area contributed by atoms with Gasteiger partial charge < -0.3 is 5.11 Å². The van der Waals surface area contributed by atoms with Crippen LogP contribution in [0.1, 0.15) is 39.0 Å². The summed E-state index contributed by atoms with van der Waals surface area (Å²) >= 11 is 2.71. The minimum atomic E-state index is -0.817. The minimum absolute atomic E-state index is 0.0173. The molecular weight excluding hydrogens is 388 g/mol. The van der Waals surface area contributed by atoms with Gasteiger partial charge in [-0.3, -0.25) is 4.79 Å². The highest BCUT2D eigenvalue weighted by molar-refractivity contribution is 7.99. The molecule has 7 heteroatoms. The van der Waals surface area contributed by atoms with Crippen molar-refractivity contribution in [3.8, 4) is 11.1 Å². The first-order valence-corrected chi connectivity index (χ1v) is 10.9. The summed E-state index contributed by atoms with van der Waals surface area (Å²) in [5, 5.41) is 9.37. The summed E-state index contributed by atoms with van der Waals surface area (Å²) in [5.74, 6) is -0.517. The van der Waals surface area contributed by atoms with Gasteiger partial charge in [-0.05, 0) is 54.5 Å². The molecule has 0 atom stereocenters. The van der Waals surface area contributed by atoms with E-state index in [-0.39, 0.29) is 11.3 Å². The van der Waals surface area contributed by atoms with Crippen molar-refractivity contribution in [2.45, 2.75) is 48.9 Å². The normalized spacial score (nSPS) is 10.9. The lowest BCUT2D eigenvalue weighted by Crippen LogP contribution is -1.95. The first-order valence-electron chi connectivity index (χ1n) is 8.94. The number of hydrogen-bond donors (Lipinski definition) is 1. The maximum Gasteiger partial charge on any atom is 0.303 e. The quantitative estimate of drug-likeness (QED) is 0.349. The van der Waals surface area contributed by atoms with Crippen LogP contribution in [0.5, 0.6) is 0 Å². The van der Waals surface area contributed by atoms with Crippen LogP contribution in [0, 0.1) is 11.6 Å². The topological polar surface area (TPSA) is 50.2 Å². The van der Waals surface area contributed by atoms with Crippen molar-refractivity contribution in [3.05, 3.63) is 42.1 Å². The highest BCUT2D eigenvalue weighted by Gasteiger charge is 2.15. The molecule has 1 N–H and O–H groups in total. The summed E-state index contributed by atoms with van der Waals surface area (Å²) in [7, 11) is 0. The number of rotatable bonds is 11. The van der Waals surface area contributed by atoms with E-state index in [1.54, 1.807) is 24.0 Å². The number of carboxylic acids is 1. The number of hydrogen-bond acceptors (Lipinski definition) is 4. The van der Waals surface area contributed by atoms with Crippen molar-refractivity contribution in [3.63, 3.8) is 0 Å². The molecule has 0 spiro atoms. The Labute approximate surface area is 167 Å². The van der Waals surface area contributed by atoms with Crippen LogP contribution in [0.4, 0.5) is 8.78 Å². The van der Waals surface area contributed by atoms with Crippen LogP contribution in [0.25, 0.3) is 11.1 Å². The molecule has 2 aromatic rings. The van der Waals surface area contributed by atoms with Gasteiger partial charge in [0.25, 0.3) is 0 Å². The number of benzene rings is 1. The molecule has 2 rings (SSSR count). The van der Waals surface area contributed by atoms with Gasteiger partial charge in [-0.25, -0.2) is 13.8 Å². The number of unbranched alkanes of at least 4 members (excludes halogenated alkanes) is 2. The molecule has 0 fully saturated rings. The molecule has 0 aliphatic heterocycles. The van der Waals surface area contributed by atoms with Crippen molar-refractivity contribution in [1.29, 1.82) is 0 Å². The van der Waals surface area contributed by atoms with E-state index in [0.717, 1.165) is 47.4 Å². The van der Waals surface area contributed by atoms with Gasteiger partial charge >= 0.3 is 5.97 Å². The largest absolute Gasteiger partial charge is 0.481 e. The molecule has 3 nitrogen and oxygen atoms in total. The molecule has 0 saturated carbocycles. The van der Waals surface area contributed by atoms with Crippen molar-refractivity contribution in [2.24, 2.45) is 0 Å². The van der Waals surface area contributed by atoms with Crippen molar-refractivity contribution < 1.29 is 18.7 Å². The number of aromatic nitrogens is 1. The number of halogens is 2. The smallest absolute Gasteiger partial charge is 0.303 e. The van der Waals surface area contributed by atoms with Crippen LogP contribution < -0.4 is 0 Å². The van der Waals surface area contributed by atoms with Crippen LogP contribution in [-0.4, -0.2) is 27.6 Å². The highest BCUT2D eigenvalue weighted by atomic mass is 32.2. The summed E-state index contributed by atoms with van der Waals surface area (Å²) in [4.78, 5) is 14.8. The lowest BCUT2D eigenvalue weighted by molar-refractivity contribution is -0.137. The minimum Gasteiger partial charge on any atom is -0.481 e. The van der Waals surface area contributed by atoms with E-state index in [1.807, 2.05) is 6.07 Å². The van der Waals surface area contributed by atoms with E-state index < -0.39 is 17.6 Å². The summed E-state index contributed by atoms with van der Waals surface area (Å²) < 4.78 is 29.0. The number of thioether (sulfide) groups is 2. The molecule has 0 unspecified atom stereocenters. The number of carboxylic acid groups (broad SMARTS) is 1. The van der Waals surface area contributed by atoms with Crippen LogP contribution in [0.3, 0.4) is 0 Å². The Balaban J connectivity index is 2.05. The molecular formula is C20H23F2NO2S2. The Hall–Kier alpha value is -1.60. The van der Waals surface area contributed by atoms with Gasteiger partial charge in [0, 0.05) is 18.2 Å². The average Bonchev–Trinajstić information content (AvgIpc) is 2.64. The monoisotopic (exact) mass is 411 g/mol. The summed E-state index contributed by atoms with van der Waals surface area (Å²) in [6.07, 6.45) is 4.84. The molecule has 0 aliphatic rings. The number of pyridine rings is 1. The van der Waals surface area contributed by atoms with E-state index in [9.17, 15) is 13.6 Å². The molecule has 0 amide bonds. The number of aliphatic carboxylic acids is 1. The second kappa shape index (κ2) is 11.3. The highest BCUT2D eigenvalue weighted by Crippen LogP contribution is 2.34. The predicted octanol–water partition coefficient (Wildman–Crippen LogP) is 6.27. The van der Waals surface area contributed by atoms with Crippen molar-refractivity contribution >= 4 is 29.5 Å². The van der Waals surface area contributed by atoms with Crippen LogP contribution in [0.15, 0.2) is 40.4 Å². The maximum atomic E-state index is 14.5. The van der Waals surface area contributed by atoms with Crippen LogP contribution in [0.2, 0.25) is 0 Å². The summed E-state index contributed by atoms with van der Waals surface area (Å²) in [6.45, 7) is 2.07. The zero-order chi connectivity index (χ0) is 19.6. The van der Waals surface area contributed by atoms with E-state index >= 15 is 0 Å². The van der Waals surface area contributed by atoms with Gasteiger partial charge in [0.1, 0.15) is 16.7 Å². The Bertz CT molecular complexity index is 748. The number of carbonyl (C=O) groups is 1. The van der Waals surface area contributed by atoms with E-state index in [2.05, 4.69) is 11.9 Å². The Morgan fingerprint density at radius 3 is 2.52 bits per heavy atom. The molecule has 27 heavy (non-hydrogen) atoms. The molecule has 1 aromatic heterocycles. The Kier molecular flexibility index (Phi) is 9.07. The second-order valence-electron chi connectivity index (χ2n) is 6.03. The third-order valence-corrected chi connectivity index (χ3v) is 6.19. The SMILES string of the molecule is CCCSc1ncccc1-c1cc(F)c(SCCCCCC(=O)O)c(F)c1. The average molecular weight is 412 g/mol. The second-order valence-corrected chi connectivity index (χ2v) is 8.22. The lowest BCUT2D eigenvalue weighted by Gasteiger charge is -2.11. The van der Waals surface area contributed by atoms with Gasteiger partial charge in [-0.1, -0.05) is 19.4 Å². The van der Waals surface area contributed by atoms with Crippen LogP contribution >= 0.6 is 23.5 Å². The standard InChI is InChI=1S/C20H23F2NO2S2/c1-2-10-27-20-15(7-6-9-23-20)14-12-16(21)19(17(22)13-14)26-11-5-3-4-8-18(24)25/h6-7,9,12-13H,2-5,8,10-11H2,1H3,(H,24,25). The fraction of sp³-hybridized carbons (Fsp3) is 0.400. The lowest BCUT2D eigenvalue weighted by atomic mass is 10.1. The molecule has 0 bridgehead atoms. The first-order chi connectivity index (χ1) is 13.0. The third kappa shape index (κ3) is 6.81. The van der Waals surface area contributed by atoms with Gasteiger partial charge in [0.15, 0.2) is 0 Å². The molecule has 0 radical (unpaired) electrons. The predicted molar refractivity (Wildman–Crippen MR) is 107 cm³/mol. The third-order valence-electron chi connectivity index (χ3n) is 3.80. The molecule has 1 aromatic carbocycles.